The number of hydrogen-bond donors (Lipinski definition) is 1. The van der Waals surface area contributed by atoms with E-state index in [0.717, 1.165) is 0 Å². The minimum absolute atomic E-state index is 0.389. The van der Waals surface area contributed by atoms with E-state index in [1.807, 2.05) is 0 Å². The summed E-state index contributed by atoms with van der Waals surface area (Å²) in [6, 6.07) is 0. The molecule has 0 aliphatic heterocycles. The summed E-state index contributed by atoms with van der Waals surface area (Å²) in [6.45, 7) is 0. The third-order valence-corrected chi connectivity index (χ3v) is 0. The van der Waals surface area contributed by atoms with E-state index < -0.39 is 0 Å². The van der Waals surface area contributed by atoms with Crippen LogP contribution in [0, 0.1) is 0 Å². The summed E-state index contributed by atoms with van der Waals surface area (Å²) in [5.41, 5.74) is 4.45. The zero-order chi connectivity index (χ0) is 3.58. The molecule has 0 radical (unpaired) electrons. The predicted molar refractivity (Wildman–Crippen MR) is 9.58 cm³/mol. The van der Waals surface area contributed by atoms with Crippen LogP contribution in [0.2, 0.25) is 0 Å². The van der Waals surface area contributed by atoms with E-state index in [0.29, 0.717) is 0 Å². The van der Waals surface area contributed by atoms with Gasteiger partial charge in [0.1, 0.15) is 0 Å². The maximum absolute atomic E-state index is 9.20. The first-order chi connectivity index (χ1) is 1.73. The third-order valence-electron chi connectivity index (χ3n) is 0. The first-order valence-electron chi connectivity index (χ1n) is 0.644. The molecule has 0 aromatic heterocycles. The van der Waals surface area contributed by atoms with Crippen LogP contribution in [-0.4, -0.2) is 4.13 Å². The molecule has 0 rings (SSSR count). The van der Waals surface area contributed by atoms with Crippen molar-refractivity contribution < 1.29 is 25.9 Å². The summed E-state index contributed by atoms with van der Waals surface area (Å²) < 4.78 is -0.389. The van der Waals surface area contributed by atoms with Crippen molar-refractivity contribution in [1.29, 1.82) is 0 Å². The van der Waals surface area contributed by atoms with Crippen LogP contribution in [0.4, 0.5) is 4.79 Å². The SMILES string of the molecule is N[C](=O)[Au]. The van der Waals surface area contributed by atoms with Gasteiger partial charge in [-0.1, -0.05) is 0 Å². The van der Waals surface area contributed by atoms with Gasteiger partial charge in [-0.3, -0.25) is 0 Å². The van der Waals surface area contributed by atoms with Gasteiger partial charge in [-0.05, 0) is 0 Å². The van der Waals surface area contributed by atoms with E-state index in [2.05, 4.69) is 5.73 Å². The van der Waals surface area contributed by atoms with Gasteiger partial charge in [0.05, 0.1) is 0 Å². The van der Waals surface area contributed by atoms with Crippen LogP contribution < -0.4 is 5.73 Å². The maximum atomic E-state index is 9.20. The van der Waals surface area contributed by atoms with Crippen LogP contribution in [0.25, 0.3) is 0 Å². The molecule has 0 aromatic carbocycles. The number of amides is 1. The Morgan fingerprint density at radius 3 is 2.00 bits per heavy atom. The van der Waals surface area contributed by atoms with E-state index in [9.17, 15) is 4.79 Å². The van der Waals surface area contributed by atoms with Gasteiger partial charge >= 0.3 is 35.7 Å². The Bertz CT molecular complexity index is 31.0. The molecule has 28 valence electrons. The molecule has 0 spiro atoms. The first-order valence-corrected chi connectivity index (χ1v) is 1.73. The van der Waals surface area contributed by atoms with Gasteiger partial charge in [0, 0.05) is 0 Å². The van der Waals surface area contributed by atoms with Gasteiger partial charge in [-0.25, -0.2) is 0 Å². The zero-order valence-electron chi connectivity index (χ0n) is 1.79. The molecule has 0 bridgehead atoms. The fourth-order valence-electron chi connectivity index (χ4n) is 0. The Balaban J connectivity index is 2.80. The van der Waals surface area contributed by atoms with Crippen LogP contribution in [0.1, 0.15) is 0 Å². The van der Waals surface area contributed by atoms with Gasteiger partial charge in [-0.2, -0.15) is 0 Å². The monoisotopic (exact) mass is 241 g/mol. The van der Waals surface area contributed by atoms with Gasteiger partial charge < -0.3 is 0 Å². The minimum atomic E-state index is -0.389. The fourth-order valence-corrected chi connectivity index (χ4v) is 0. The van der Waals surface area contributed by atoms with Crippen molar-refractivity contribution in [1.82, 2.24) is 0 Å². The van der Waals surface area contributed by atoms with Gasteiger partial charge in [0.2, 0.25) is 0 Å². The summed E-state index contributed by atoms with van der Waals surface area (Å²) >= 11 is 1.63. The second kappa shape index (κ2) is 1.52. The number of primary amides is 1. The van der Waals surface area contributed by atoms with E-state index in [4.69, 9.17) is 0 Å². The third kappa shape index (κ3) is 73.2. The van der Waals surface area contributed by atoms with E-state index >= 15 is 0 Å². The van der Waals surface area contributed by atoms with Crippen molar-refractivity contribution in [2.24, 2.45) is 5.73 Å². The van der Waals surface area contributed by atoms with Gasteiger partial charge in [0.15, 0.2) is 0 Å². The second-order valence-electron chi connectivity index (χ2n) is 0.266. The van der Waals surface area contributed by atoms with E-state index in [-0.39, 0.29) is 4.13 Å². The Morgan fingerprint density at radius 2 is 2.00 bits per heavy atom. The van der Waals surface area contributed by atoms with Crippen molar-refractivity contribution in [2.75, 3.05) is 0 Å². The Kier molecular flexibility index (Phi) is 1.60. The zero-order valence-corrected chi connectivity index (χ0v) is 3.95. The number of carbonyl (C=O) groups is 1. The van der Waals surface area contributed by atoms with Crippen LogP contribution >= 0.6 is 0 Å². The summed E-state index contributed by atoms with van der Waals surface area (Å²) in [5.74, 6) is 0. The second-order valence-corrected chi connectivity index (χ2v) is 1.33. The van der Waals surface area contributed by atoms with Crippen LogP contribution in [0.15, 0.2) is 0 Å². The summed E-state index contributed by atoms with van der Waals surface area (Å²) in [7, 11) is 0. The average molecular weight is 241 g/mol. The first kappa shape index (κ1) is 4.21. The molecule has 2 N–H and O–H groups in total. The van der Waals surface area contributed by atoms with Crippen LogP contribution in [0.5, 0.6) is 0 Å². The molecule has 0 aliphatic carbocycles. The van der Waals surface area contributed by atoms with Gasteiger partial charge in [0.25, 0.3) is 0 Å². The van der Waals surface area contributed by atoms with Crippen molar-refractivity contribution in [2.45, 2.75) is 0 Å². The molecule has 3 heteroatoms. The number of nitrogens with two attached hydrogens (primary N) is 1. The molecule has 0 saturated heterocycles. The van der Waals surface area contributed by atoms with E-state index in [1.165, 1.54) is 0 Å². The molecule has 0 fully saturated rings. The molecular weight excluding hydrogens is 239 g/mol. The van der Waals surface area contributed by atoms with E-state index in [1.54, 1.807) is 21.1 Å². The van der Waals surface area contributed by atoms with Crippen molar-refractivity contribution in [3.8, 4) is 0 Å². The predicted octanol–water partition coefficient (Wildman–Crippen LogP) is -0.388. The Morgan fingerprint density at radius 1 is 2.00 bits per heavy atom. The topological polar surface area (TPSA) is 43.1 Å². The number of hydrogen-bond acceptors (Lipinski definition) is 1. The molecule has 0 aliphatic rings. The molecule has 4 heavy (non-hydrogen) atoms. The Labute approximate surface area is 36.3 Å². The standard InChI is InChI=1S/CH2NO.Au/c2-1-3;/h(H2,2,3);. The van der Waals surface area contributed by atoms with Crippen molar-refractivity contribution in [3.63, 3.8) is 0 Å². The van der Waals surface area contributed by atoms with Crippen molar-refractivity contribution >= 4 is 4.13 Å². The van der Waals surface area contributed by atoms with Gasteiger partial charge in [-0.15, -0.1) is 0 Å². The molecular formula is CH2AuNO. The average Bonchev–Trinajstić information content (AvgIpc) is 0.811. The number of rotatable bonds is 0. The molecule has 0 atom stereocenters. The Hall–Kier alpha value is 0.210. The fraction of sp³-hybridized carbons (Fsp3) is 0. The quantitative estimate of drug-likeness (QED) is 0.577. The van der Waals surface area contributed by atoms with Crippen molar-refractivity contribution in [3.05, 3.63) is 0 Å². The van der Waals surface area contributed by atoms with Crippen LogP contribution in [0.3, 0.4) is 0 Å². The molecule has 0 aromatic rings. The molecule has 0 heterocycles. The summed E-state index contributed by atoms with van der Waals surface area (Å²) in [6.07, 6.45) is 0. The number of carbonyl (C=O) groups excluding carboxylic acids is 1. The molecule has 0 saturated carbocycles. The normalized spacial score (nSPS) is 6.50. The summed E-state index contributed by atoms with van der Waals surface area (Å²) in [4.78, 5) is 9.20. The molecule has 2 nitrogen and oxygen atoms in total. The summed E-state index contributed by atoms with van der Waals surface area (Å²) in [5, 5.41) is 0. The molecule has 0 unspecified atom stereocenters. The molecule has 1 amide bonds. The van der Waals surface area contributed by atoms with Crippen LogP contribution in [-0.2, 0) is 21.1 Å².